The second kappa shape index (κ2) is 3.74. The third-order valence-electron chi connectivity index (χ3n) is 2.45. The number of aromatic nitrogens is 2. The molecule has 0 N–H and O–H groups in total. The van der Waals surface area contributed by atoms with Crippen LogP contribution in [0.2, 0.25) is 0 Å². The minimum Gasteiger partial charge on any atom is -0.267 e. The first-order valence-electron chi connectivity index (χ1n) is 5.28. The minimum atomic E-state index is -0.212. The van der Waals surface area contributed by atoms with Gasteiger partial charge in [-0.3, -0.25) is 4.68 Å². The van der Waals surface area contributed by atoms with Gasteiger partial charge in [0, 0.05) is 17.3 Å². The number of benzene rings is 1. The van der Waals surface area contributed by atoms with Gasteiger partial charge in [-0.1, -0.05) is 18.2 Å². The molecule has 2 nitrogen and oxygen atoms in total. The van der Waals surface area contributed by atoms with E-state index in [9.17, 15) is 4.39 Å². The molecule has 0 radical (unpaired) electrons. The van der Waals surface area contributed by atoms with Gasteiger partial charge in [-0.05, 0) is 26.8 Å². The van der Waals surface area contributed by atoms with Crippen molar-refractivity contribution in [2.45, 2.75) is 26.3 Å². The van der Waals surface area contributed by atoms with Crippen LogP contribution in [0.15, 0.2) is 36.7 Å². The van der Waals surface area contributed by atoms with E-state index in [0.29, 0.717) is 5.56 Å². The third-order valence-corrected chi connectivity index (χ3v) is 2.45. The zero-order valence-electron chi connectivity index (χ0n) is 9.74. The van der Waals surface area contributed by atoms with E-state index in [-0.39, 0.29) is 11.4 Å². The molecule has 3 heteroatoms. The van der Waals surface area contributed by atoms with Crippen molar-refractivity contribution < 1.29 is 4.39 Å². The molecule has 0 saturated heterocycles. The highest BCUT2D eigenvalue weighted by Gasteiger charge is 2.15. The third kappa shape index (κ3) is 1.98. The molecule has 84 valence electrons. The average Bonchev–Trinajstić information content (AvgIpc) is 2.66. The van der Waals surface area contributed by atoms with Crippen LogP contribution >= 0.6 is 0 Å². The lowest BCUT2D eigenvalue weighted by Crippen LogP contribution is -2.21. The number of hydrogen-bond acceptors (Lipinski definition) is 1. The fourth-order valence-corrected chi connectivity index (χ4v) is 1.52. The molecule has 0 saturated carbocycles. The predicted octanol–water partition coefficient (Wildman–Crippen LogP) is 3.44. The highest BCUT2D eigenvalue weighted by Crippen LogP contribution is 2.24. The van der Waals surface area contributed by atoms with Crippen molar-refractivity contribution in [3.63, 3.8) is 0 Å². The average molecular weight is 218 g/mol. The molecule has 2 aromatic rings. The topological polar surface area (TPSA) is 17.8 Å². The number of halogens is 1. The molecule has 16 heavy (non-hydrogen) atoms. The van der Waals surface area contributed by atoms with Crippen LogP contribution in [0.1, 0.15) is 20.8 Å². The Kier molecular flexibility index (Phi) is 2.54. The summed E-state index contributed by atoms with van der Waals surface area (Å²) in [6.07, 6.45) is 3.57. The molecule has 0 aliphatic rings. The van der Waals surface area contributed by atoms with Gasteiger partial charge < -0.3 is 0 Å². The van der Waals surface area contributed by atoms with Crippen molar-refractivity contribution >= 4 is 0 Å². The van der Waals surface area contributed by atoms with Crippen LogP contribution in [0.4, 0.5) is 4.39 Å². The summed E-state index contributed by atoms with van der Waals surface area (Å²) in [5.41, 5.74) is 1.33. The molecule has 1 aromatic carbocycles. The summed E-state index contributed by atoms with van der Waals surface area (Å²) in [6, 6.07) is 6.74. The summed E-state index contributed by atoms with van der Waals surface area (Å²) >= 11 is 0. The van der Waals surface area contributed by atoms with Crippen LogP contribution in [0.25, 0.3) is 11.1 Å². The summed E-state index contributed by atoms with van der Waals surface area (Å²) in [7, 11) is 0. The molecule has 2 rings (SSSR count). The van der Waals surface area contributed by atoms with Crippen molar-refractivity contribution in [1.29, 1.82) is 0 Å². The molecular weight excluding hydrogens is 203 g/mol. The first-order valence-corrected chi connectivity index (χ1v) is 5.28. The van der Waals surface area contributed by atoms with Crippen molar-refractivity contribution in [3.8, 4) is 11.1 Å². The maximum absolute atomic E-state index is 13.5. The van der Waals surface area contributed by atoms with Gasteiger partial charge in [-0.15, -0.1) is 0 Å². The Morgan fingerprint density at radius 1 is 1.19 bits per heavy atom. The molecule has 0 amide bonds. The van der Waals surface area contributed by atoms with E-state index in [1.165, 1.54) is 6.07 Å². The Hall–Kier alpha value is -1.64. The van der Waals surface area contributed by atoms with Gasteiger partial charge in [-0.2, -0.15) is 5.10 Å². The SMILES string of the molecule is CC(C)(C)n1cc(-c2ccccc2F)cn1. The van der Waals surface area contributed by atoms with Gasteiger partial charge in [-0.25, -0.2) is 4.39 Å². The summed E-state index contributed by atoms with van der Waals surface area (Å²) in [6.45, 7) is 6.18. The summed E-state index contributed by atoms with van der Waals surface area (Å²) in [5.74, 6) is -0.212. The molecule has 0 atom stereocenters. The van der Waals surface area contributed by atoms with Crippen LogP contribution in [-0.2, 0) is 5.54 Å². The monoisotopic (exact) mass is 218 g/mol. The first-order chi connectivity index (χ1) is 7.48. The number of rotatable bonds is 1. The van der Waals surface area contributed by atoms with Crippen LogP contribution in [-0.4, -0.2) is 9.78 Å². The Morgan fingerprint density at radius 2 is 1.88 bits per heavy atom. The predicted molar refractivity (Wildman–Crippen MR) is 62.6 cm³/mol. The van der Waals surface area contributed by atoms with Crippen molar-refractivity contribution in [1.82, 2.24) is 9.78 Å². The van der Waals surface area contributed by atoms with Crippen LogP contribution < -0.4 is 0 Å². The fourth-order valence-electron chi connectivity index (χ4n) is 1.52. The van der Waals surface area contributed by atoms with E-state index in [1.807, 2.05) is 16.9 Å². The Bertz CT molecular complexity index is 495. The molecular formula is C13H15FN2. The molecule has 1 aromatic heterocycles. The fraction of sp³-hybridized carbons (Fsp3) is 0.308. The maximum Gasteiger partial charge on any atom is 0.131 e. The smallest absolute Gasteiger partial charge is 0.131 e. The van der Waals surface area contributed by atoms with E-state index < -0.39 is 0 Å². The number of hydrogen-bond donors (Lipinski definition) is 0. The summed E-state index contributed by atoms with van der Waals surface area (Å²) in [5, 5.41) is 4.25. The highest BCUT2D eigenvalue weighted by atomic mass is 19.1. The van der Waals surface area contributed by atoms with E-state index in [1.54, 1.807) is 18.3 Å². The molecule has 0 bridgehead atoms. The molecule has 0 spiro atoms. The van der Waals surface area contributed by atoms with Gasteiger partial charge in [0.2, 0.25) is 0 Å². The van der Waals surface area contributed by atoms with Crippen LogP contribution in [0, 0.1) is 5.82 Å². The Balaban J connectivity index is 2.44. The molecule has 0 fully saturated rings. The highest BCUT2D eigenvalue weighted by molar-refractivity contribution is 5.62. The van der Waals surface area contributed by atoms with Gasteiger partial charge in [0.25, 0.3) is 0 Å². The quantitative estimate of drug-likeness (QED) is 0.717. The minimum absolute atomic E-state index is 0.0799. The molecule has 0 aliphatic heterocycles. The van der Waals surface area contributed by atoms with E-state index in [0.717, 1.165) is 5.56 Å². The largest absolute Gasteiger partial charge is 0.267 e. The standard InChI is InChI=1S/C13H15FN2/c1-13(2,3)16-9-10(8-15-16)11-6-4-5-7-12(11)14/h4-9H,1-3H3. The lowest BCUT2D eigenvalue weighted by Gasteiger charge is -2.18. The van der Waals surface area contributed by atoms with E-state index >= 15 is 0 Å². The van der Waals surface area contributed by atoms with Crippen molar-refractivity contribution in [2.24, 2.45) is 0 Å². The first kappa shape index (κ1) is 10.9. The van der Waals surface area contributed by atoms with E-state index in [4.69, 9.17) is 0 Å². The Labute approximate surface area is 94.7 Å². The lowest BCUT2D eigenvalue weighted by atomic mass is 10.1. The van der Waals surface area contributed by atoms with Crippen molar-refractivity contribution in [3.05, 3.63) is 42.5 Å². The zero-order chi connectivity index (χ0) is 11.8. The van der Waals surface area contributed by atoms with Crippen LogP contribution in [0.5, 0.6) is 0 Å². The second-order valence-electron chi connectivity index (χ2n) is 4.82. The normalized spacial score (nSPS) is 11.8. The second-order valence-corrected chi connectivity index (χ2v) is 4.82. The molecule has 0 unspecified atom stereocenters. The van der Waals surface area contributed by atoms with Gasteiger partial charge >= 0.3 is 0 Å². The maximum atomic E-state index is 13.5. The van der Waals surface area contributed by atoms with Gasteiger partial charge in [0.05, 0.1) is 11.7 Å². The van der Waals surface area contributed by atoms with Crippen molar-refractivity contribution in [2.75, 3.05) is 0 Å². The number of nitrogens with zero attached hydrogens (tertiary/aromatic N) is 2. The summed E-state index contributed by atoms with van der Waals surface area (Å²) in [4.78, 5) is 0. The van der Waals surface area contributed by atoms with Crippen LogP contribution in [0.3, 0.4) is 0 Å². The Morgan fingerprint density at radius 3 is 2.44 bits per heavy atom. The molecule has 0 aliphatic carbocycles. The zero-order valence-corrected chi connectivity index (χ0v) is 9.74. The lowest BCUT2D eigenvalue weighted by molar-refractivity contribution is 0.355. The van der Waals surface area contributed by atoms with E-state index in [2.05, 4.69) is 25.9 Å². The molecule has 1 heterocycles. The van der Waals surface area contributed by atoms with Gasteiger partial charge in [0.15, 0.2) is 0 Å². The summed E-state index contributed by atoms with van der Waals surface area (Å²) < 4.78 is 15.4. The van der Waals surface area contributed by atoms with Gasteiger partial charge in [0.1, 0.15) is 5.82 Å².